The van der Waals surface area contributed by atoms with Crippen LogP contribution in [-0.4, -0.2) is 25.7 Å². The van der Waals surface area contributed by atoms with Gasteiger partial charge in [-0.1, -0.05) is 60.7 Å². The second-order valence-corrected chi connectivity index (χ2v) is 7.92. The molecule has 0 saturated carbocycles. The molecular formula is C30H29NO4. The van der Waals surface area contributed by atoms with Crippen LogP contribution in [0.15, 0.2) is 109 Å². The first-order chi connectivity index (χ1) is 17.3. The molecule has 0 aromatic heterocycles. The number of rotatable bonds is 12. The summed E-state index contributed by atoms with van der Waals surface area (Å²) in [7, 11) is 0. The fourth-order valence-corrected chi connectivity index (χ4v) is 3.55. The molecule has 5 nitrogen and oxygen atoms in total. The fourth-order valence-electron chi connectivity index (χ4n) is 3.55. The van der Waals surface area contributed by atoms with E-state index in [1.54, 1.807) is 12.1 Å². The molecule has 0 saturated heterocycles. The Balaban J connectivity index is 1.23. The van der Waals surface area contributed by atoms with Crippen molar-refractivity contribution in [1.29, 1.82) is 0 Å². The molecular weight excluding hydrogens is 438 g/mol. The van der Waals surface area contributed by atoms with E-state index in [1.165, 1.54) is 5.56 Å². The SMILES string of the molecule is O=C(Nc1ccc(OCCCc2ccccc2)cc1)c1ccccc1OCCOc1ccccc1. The molecule has 1 N–H and O–H groups in total. The second kappa shape index (κ2) is 12.8. The number of benzene rings is 4. The summed E-state index contributed by atoms with van der Waals surface area (Å²) < 4.78 is 17.3. The van der Waals surface area contributed by atoms with Crippen molar-refractivity contribution in [2.24, 2.45) is 0 Å². The predicted molar refractivity (Wildman–Crippen MR) is 139 cm³/mol. The van der Waals surface area contributed by atoms with Crippen LogP contribution in [-0.2, 0) is 6.42 Å². The topological polar surface area (TPSA) is 56.8 Å². The van der Waals surface area contributed by atoms with Crippen LogP contribution in [0.25, 0.3) is 0 Å². The highest BCUT2D eigenvalue weighted by molar-refractivity contribution is 6.06. The summed E-state index contributed by atoms with van der Waals surface area (Å²) in [5.74, 6) is 1.84. The maximum Gasteiger partial charge on any atom is 0.259 e. The fraction of sp³-hybridized carbons (Fsp3) is 0.167. The Kier molecular flexibility index (Phi) is 8.77. The van der Waals surface area contributed by atoms with Gasteiger partial charge < -0.3 is 19.5 Å². The molecule has 35 heavy (non-hydrogen) atoms. The molecule has 0 fully saturated rings. The molecule has 0 unspecified atom stereocenters. The van der Waals surface area contributed by atoms with Crippen molar-refractivity contribution in [3.63, 3.8) is 0 Å². The van der Waals surface area contributed by atoms with E-state index in [2.05, 4.69) is 17.4 Å². The van der Waals surface area contributed by atoms with Crippen molar-refractivity contribution in [2.45, 2.75) is 12.8 Å². The predicted octanol–water partition coefficient (Wildman–Crippen LogP) is 6.41. The van der Waals surface area contributed by atoms with Crippen molar-refractivity contribution in [3.8, 4) is 17.2 Å². The monoisotopic (exact) mass is 467 g/mol. The average molecular weight is 468 g/mol. The van der Waals surface area contributed by atoms with Crippen LogP contribution in [0.2, 0.25) is 0 Å². The van der Waals surface area contributed by atoms with Crippen molar-refractivity contribution >= 4 is 11.6 Å². The minimum atomic E-state index is -0.235. The number of amides is 1. The highest BCUT2D eigenvalue weighted by Crippen LogP contribution is 2.21. The number of para-hydroxylation sites is 2. The number of ether oxygens (including phenoxy) is 3. The van der Waals surface area contributed by atoms with Crippen molar-refractivity contribution in [1.82, 2.24) is 0 Å². The molecule has 0 heterocycles. The Labute approximate surface area is 206 Å². The summed E-state index contributed by atoms with van der Waals surface area (Å²) in [4.78, 5) is 12.9. The molecule has 0 atom stereocenters. The first-order valence-corrected chi connectivity index (χ1v) is 11.8. The molecule has 0 spiro atoms. The maximum atomic E-state index is 12.9. The Hall–Kier alpha value is -4.25. The zero-order chi connectivity index (χ0) is 24.1. The molecule has 0 radical (unpaired) electrons. The normalized spacial score (nSPS) is 10.4. The van der Waals surface area contributed by atoms with Crippen LogP contribution in [0.4, 0.5) is 5.69 Å². The second-order valence-electron chi connectivity index (χ2n) is 7.92. The molecule has 178 valence electrons. The summed E-state index contributed by atoms with van der Waals surface area (Å²) in [6.07, 6.45) is 1.92. The largest absolute Gasteiger partial charge is 0.494 e. The average Bonchev–Trinajstić information content (AvgIpc) is 2.91. The summed E-state index contributed by atoms with van der Waals surface area (Å²) in [6.45, 7) is 1.35. The standard InChI is InChI=1S/C30H29NO4/c32-30(28-15-7-8-16-29(28)35-23-22-34-26-13-5-2-6-14-26)31-25-17-19-27(20-18-25)33-21-9-12-24-10-3-1-4-11-24/h1-8,10-11,13-20H,9,12,21-23H2,(H,31,32). The Morgan fingerprint density at radius 2 is 1.20 bits per heavy atom. The molecule has 4 aromatic carbocycles. The van der Waals surface area contributed by atoms with Crippen LogP contribution in [0.1, 0.15) is 22.3 Å². The summed E-state index contributed by atoms with van der Waals surface area (Å²) >= 11 is 0. The third-order valence-electron chi connectivity index (χ3n) is 5.32. The van der Waals surface area contributed by atoms with Gasteiger partial charge in [0.1, 0.15) is 30.5 Å². The first kappa shape index (κ1) is 23.9. The number of anilines is 1. The van der Waals surface area contributed by atoms with E-state index in [9.17, 15) is 4.79 Å². The lowest BCUT2D eigenvalue weighted by Crippen LogP contribution is -2.15. The molecule has 0 aliphatic carbocycles. The highest BCUT2D eigenvalue weighted by Gasteiger charge is 2.12. The minimum absolute atomic E-state index is 0.235. The zero-order valence-electron chi connectivity index (χ0n) is 19.6. The molecule has 0 aliphatic rings. The molecule has 0 aliphatic heterocycles. The minimum Gasteiger partial charge on any atom is -0.494 e. The lowest BCUT2D eigenvalue weighted by atomic mass is 10.1. The molecule has 1 amide bonds. The van der Waals surface area contributed by atoms with Gasteiger partial charge in [-0.3, -0.25) is 4.79 Å². The number of carbonyl (C=O) groups excluding carboxylic acids is 1. The van der Waals surface area contributed by atoms with Gasteiger partial charge >= 0.3 is 0 Å². The van der Waals surface area contributed by atoms with E-state index in [-0.39, 0.29) is 5.91 Å². The van der Waals surface area contributed by atoms with Gasteiger partial charge in [0, 0.05) is 5.69 Å². The van der Waals surface area contributed by atoms with Gasteiger partial charge in [-0.25, -0.2) is 0 Å². The summed E-state index contributed by atoms with van der Waals surface area (Å²) in [6, 6.07) is 34.5. The summed E-state index contributed by atoms with van der Waals surface area (Å²) in [5.41, 5.74) is 2.46. The van der Waals surface area contributed by atoms with Crippen LogP contribution >= 0.6 is 0 Å². The molecule has 4 rings (SSSR count). The third kappa shape index (κ3) is 7.64. The van der Waals surface area contributed by atoms with E-state index in [0.717, 1.165) is 24.3 Å². The van der Waals surface area contributed by atoms with Crippen molar-refractivity contribution in [2.75, 3.05) is 25.1 Å². The Morgan fingerprint density at radius 1 is 0.600 bits per heavy atom. The third-order valence-corrected chi connectivity index (χ3v) is 5.32. The van der Waals surface area contributed by atoms with Crippen molar-refractivity contribution < 1.29 is 19.0 Å². The lowest BCUT2D eigenvalue weighted by Gasteiger charge is -2.13. The number of hydrogen-bond acceptors (Lipinski definition) is 4. The zero-order valence-corrected chi connectivity index (χ0v) is 19.6. The number of hydrogen-bond donors (Lipinski definition) is 1. The first-order valence-electron chi connectivity index (χ1n) is 11.8. The number of carbonyl (C=O) groups is 1. The van der Waals surface area contributed by atoms with Crippen LogP contribution < -0.4 is 19.5 Å². The molecule has 4 aromatic rings. The smallest absolute Gasteiger partial charge is 0.259 e. The van der Waals surface area contributed by atoms with Gasteiger partial charge in [0.05, 0.1) is 12.2 Å². The van der Waals surface area contributed by atoms with Gasteiger partial charge in [0.2, 0.25) is 0 Å². The summed E-state index contributed by atoms with van der Waals surface area (Å²) in [5, 5.41) is 2.93. The number of aryl methyl sites for hydroxylation is 1. The van der Waals surface area contributed by atoms with Gasteiger partial charge in [0.15, 0.2) is 0 Å². The van der Waals surface area contributed by atoms with Crippen LogP contribution in [0, 0.1) is 0 Å². The van der Waals surface area contributed by atoms with Gasteiger partial charge in [0.25, 0.3) is 5.91 Å². The van der Waals surface area contributed by atoms with E-state index < -0.39 is 0 Å². The van der Waals surface area contributed by atoms with E-state index in [0.29, 0.717) is 36.8 Å². The Morgan fingerprint density at radius 3 is 1.97 bits per heavy atom. The van der Waals surface area contributed by atoms with E-state index in [4.69, 9.17) is 14.2 Å². The van der Waals surface area contributed by atoms with Crippen molar-refractivity contribution in [3.05, 3.63) is 120 Å². The highest BCUT2D eigenvalue weighted by atomic mass is 16.5. The molecule has 5 heteroatoms. The van der Waals surface area contributed by atoms with Crippen LogP contribution in [0.5, 0.6) is 17.2 Å². The lowest BCUT2D eigenvalue weighted by molar-refractivity contribution is 0.102. The quantitative estimate of drug-likeness (QED) is 0.245. The number of nitrogens with one attached hydrogen (secondary N) is 1. The maximum absolute atomic E-state index is 12.9. The van der Waals surface area contributed by atoms with E-state index in [1.807, 2.05) is 84.9 Å². The van der Waals surface area contributed by atoms with Gasteiger partial charge in [-0.15, -0.1) is 0 Å². The van der Waals surface area contributed by atoms with E-state index >= 15 is 0 Å². The molecule has 0 bridgehead atoms. The van der Waals surface area contributed by atoms with Gasteiger partial charge in [-0.2, -0.15) is 0 Å². The van der Waals surface area contributed by atoms with Gasteiger partial charge in [-0.05, 0) is 66.9 Å². The van der Waals surface area contributed by atoms with Crippen LogP contribution in [0.3, 0.4) is 0 Å². The Bertz CT molecular complexity index is 1180.